The van der Waals surface area contributed by atoms with Gasteiger partial charge in [0.1, 0.15) is 38.7 Å². The molecule has 0 saturated heterocycles. The van der Waals surface area contributed by atoms with Crippen molar-refractivity contribution in [1.29, 1.82) is 0 Å². The van der Waals surface area contributed by atoms with Crippen LogP contribution in [0.4, 0.5) is 52.0 Å². The summed E-state index contributed by atoms with van der Waals surface area (Å²) in [6.45, 7) is 16.6. The molecule has 4 aromatic carbocycles. The Hall–Kier alpha value is -6.05. The van der Waals surface area contributed by atoms with Gasteiger partial charge in [0.2, 0.25) is 31.9 Å². The van der Waals surface area contributed by atoms with Crippen LogP contribution in [0.25, 0.3) is 0 Å². The van der Waals surface area contributed by atoms with Crippen molar-refractivity contribution < 1.29 is 31.0 Å². The summed E-state index contributed by atoms with van der Waals surface area (Å²) in [7, 11) is -0.658. The highest BCUT2D eigenvalue weighted by molar-refractivity contribution is 9.10. The quantitative estimate of drug-likeness (QED) is 0.0214. The second-order valence-corrected chi connectivity index (χ2v) is 23.9. The Kier molecular flexibility index (Phi) is 22.1. The van der Waals surface area contributed by atoms with Gasteiger partial charge in [-0.3, -0.25) is 4.90 Å². The van der Waals surface area contributed by atoms with Crippen LogP contribution in [0.3, 0.4) is 0 Å². The summed E-state index contributed by atoms with van der Waals surface area (Å²) in [6.07, 6.45) is 3.19. The van der Waals surface area contributed by atoms with Crippen molar-refractivity contribution in [3.05, 3.63) is 106 Å². The van der Waals surface area contributed by atoms with Crippen molar-refractivity contribution in [2.24, 2.45) is 5.41 Å². The fraction of sp³-hybridized carbons (Fsp3) is 0.407. The fourth-order valence-electron chi connectivity index (χ4n) is 8.39. The van der Waals surface area contributed by atoms with Gasteiger partial charge in [-0.05, 0) is 117 Å². The van der Waals surface area contributed by atoms with Gasteiger partial charge in [0.05, 0.1) is 52.8 Å². The van der Waals surface area contributed by atoms with Gasteiger partial charge in [-0.1, -0.05) is 70.5 Å². The maximum absolute atomic E-state index is 13.5. The lowest BCUT2D eigenvalue weighted by Crippen LogP contribution is -2.34. The summed E-state index contributed by atoms with van der Waals surface area (Å²) in [5.74, 6) is 2.64. The molecule has 7 N–H and O–H groups in total. The van der Waals surface area contributed by atoms with Crippen LogP contribution in [0.15, 0.2) is 105 Å². The van der Waals surface area contributed by atoms with Gasteiger partial charge >= 0.3 is 0 Å². The maximum atomic E-state index is 13.5. The van der Waals surface area contributed by atoms with Crippen LogP contribution in [0.5, 0.6) is 17.2 Å². The van der Waals surface area contributed by atoms with Gasteiger partial charge < -0.3 is 45.7 Å². The molecule has 0 aliphatic rings. The molecule has 0 spiro atoms. The Labute approximate surface area is 473 Å². The first-order chi connectivity index (χ1) is 37.2. The zero-order valence-electron chi connectivity index (χ0n) is 45.9. The van der Waals surface area contributed by atoms with Crippen LogP contribution in [-0.2, 0) is 26.5 Å². The number of hydrogen-bond donors (Lipinski definition) is 7. The molecule has 24 heteroatoms. The minimum absolute atomic E-state index is 0.0147. The lowest BCUT2D eigenvalue weighted by molar-refractivity contribution is 0.217. The van der Waals surface area contributed by atoms with E-state index in [-0.39, 0.29) is 44.0 Å². The number of rotatable bonds is 31. The predicted molar refractivity (Wildman–Crippen MR) is 316 cm³/mol. The van der Waals surface area contributed by atoms with Gasteiger partial charge in [0.25, 0.3) is 0 Å². The van der Waals surface area contributed by atoms with Crippen molar-refractivity contribution in [2.45, 2.75) is 76.6 Å². The van der Waals surface area contributed by atoms with E-state index in [0.29, 0.717) is 108 Å². The van der Waals surface area contributed by atoms with Crippen molar-refractivity contribution in [1.82, 2.24) is 39.2 Å². The summed E-state index contributed by atoms with van der Waals surface area (Å²) < 4.78 is 77.0. The topological polar surface area (TPSA) is 238 Å². The number of nitrogens with one attached hydrogen (secondary N) is 7. The third kappa shape index (κ3) is 17.0. The van der Waals surface area contributed by atoms with Crippen LogP contribution in [0, 0.1) is 5.41 Å². The average molecular weight is 1200 g/mol. The van der Waals surface area contributed by atoms with Crippen LogP contribution < -0.4 is 50.2 Å². The Morgan fingerprint density at radius 1 is 0.731 bits per heavy atom. The molecule has 0 unspecified atom stereocenters. The first kappa shape index (κ1) is 61.2. The Balaban J connectivity index is 1.18. The number of halogens is 2. The summed E-state index contributed by atoms with van der Waals surface area (Å²) in [5, 5.41) is 16.7. The number of methoxy groups -OCH3 is 1. The molecular formula is C54H73BrClN13O7S2. The lowest BCUT2D eigenvalue weighted by Gasteiger charge is -2.29. The second kappa shape index (κ2) is 28.2. The molecule has 422 valence electrons. The average Bonchev–Trinajstić information content (AvgIpc) is 3.43. The number of para-hydroxylation sites is 2. The van der Waals surface area contributed by atoms with E-state index in [0.717, 1.165) is 18.8 Å². The number of hydrogen-bond acceptors (Lipinski definition) is 18. The Morgan fingerprint density at radius 3 is 2.03 bits per heavy atom. The highest BCUT2D eigenvalue weighted by Crippen LogP contribution is 2.36. The summed E-state index contributed by atoms with van der Waals surface area (Å²) in [5.41, 5.74) is 3.38. The Bertz CT molecular complexity index is 3190. The molecule has 0 radical (unpaired) electrons. The molecule has 2 heterocycles. The van der Waals surface area contributed by atoms with Crippen molar-refractivity contribution in [3.8, 4) is 17.2 Å². The third-order valence-electron chi connectivity index (χ3n) is 12.3. The fourth-order valence-corrected chi connectivity index (χ4v) is 11.5. The molecule has 0 amide bonds. The first-order valence-corrected chi connectivity index (χ1v) is 29.8. The molecule has 0 aliphatic carbocycles. The molecule has 6 aromatic rings. The molecule has 0 bridgehead atoms. The van der Waals surface area contributed by atoms with Crippen molar-refractivity contribution >= 4 is 99.5 Å². The molecule has 78 heavy (non-hydrogen) atoms. The number of likely N-dealkylation sites (N-methyl/N-ethyl adjacent to an activating group) is 1. The van der Waals surface area contributed by atoms with Crippen molar-refractivity contribution in [3.63, 3.8) is 0 Å². The number of nitrogens with zero attached hydrogens (tertiary/aromatic N) is 6. The van der Waals surface area contributed by atoms with E-state index in [1.807, 2.05) is 39.0 Å². The van der Waals surface area contributed by atoms with Crippen LogP contribution >= 0.6 is 27.5 Å². The molecular weight excluding hydrogens is 1120 g/mol. The molecule has 0 aliphatic heterocycles. The molecule has 0 atom stereocenters. The first-order valence-electron chi connectivity index (χ1n) is 25.7. The van der Waals surface area contributed by atoms with Crippen LogP contribution in [0.1, 0.15) is 60.1 Å². The monoisotopic (exact) mass is 1190 g/mol. The van der Waals surface area contributed by atoms with Crippen molar-refractivity contribution in [2.75, 3.05) is 101 Å². The number of aromatic nitrogens is 4. The standard InChI is InChI=1S/C54H73BrClN13O7S2/c1-11-36(12-2)67-78(72,73)48-22-18-16-20-42(48)60-50-39(56)33-58-52(65-50)64-44-32-38(24-26-45(44)74-10)76-30-29-69(13-3)28-27-43-49(55)51(61-41-19-15-17-21-47(41)77(70,71)57-7)66-53(63-43)62-40-25-23-37(31-46(40)75-14-4)59-34-54(5,6)35-68(8)9/h15-26,31-33,36,57,59,67H,11-14,27-30,34-35H2,1-10H3,(H2,58,60,64,65)(H2,61,62,63,66). The second-order valence-electron chi connectivity index (χ2n) is 19.2. The van der Waals surface area contributed by atoms with Gasteiger partial charge in [0.15, 0.2) is 11.6 Å². The zero-order chi connectivity index (χ0) is 56.6. The van der Waals surface area contributed by atoms with Gasteiger partial charge in [0, 0.05) is 56.5 Å². The molecule has 0 fully saturated rings. The van der Waals surface area contributed by atoms with Gasteiger partial charge in [-0.25, -0.2) is 36.2 Å². The van der Waals surface area contributed by atoms with E-state index >= 15 is 0 Å². The third-order valence-corrected chi connectivity index (χ3v) is 16.5. The molecule has 0 saturated carbocycles. The molecule has 20 nitrogen and oxygen atoms in total. The molecule has 6 rings (SSSR count). The highest BCUT2D eigenvalue weighted by atomic mass is 79.9. The van der Waals surface area contributed by atoms with Crippen LogP contribution in [0.2, 0.25) is 5.02 Å². The van der Waals surface area contributed by atoms with Gasteiger partial charge in [-0.15, -0.1) is 0 Å². The number of anilines is 9. The lowest BCUT2D eigenvalue weighted by atomic mass is 9.93. The highest BCUT2D eigenvalue weighted by Gasteiger charge is 2.24. The van der Waals surface area contributed by atoms with E-state index in [9.17, 15) is 16.8 Å². The Morgan fingerprint density at radius 2 is 1.38 bits per heavy atom. The SMILES string of the molecule is CCOc1cc(NCC(C)(C)CN(C)C)ccc1Nc1nc(CCN(CC)CCOc2ccc(OC)c(Nc3ncc(Cl)c(Nc4ccccc4S(=O)(=O)NC(CC)CC)n3)c2)c(Br)c(Nc2ccccc2S(=O)(=O)NC)n1. The largest absolute Gasteiger partial charge is 0.495 e. The summed E-state index contributed by atoms with van der Waals surface area (Å²) in [4.78, 5) is 23.3. The van der Waals surface area contributed by atoms with Crippen LogP contribution in [-0.4, -0.2) is 127 Å². The van der Waals surface area contributed by atoms with E-state index < -0.39 is 20.0 Å². The van der Waals surface area contributed by atoms with E-state index in [1.165, 1.54) is 25.4 Å². The minimum Gasteiger partial charge on any atom is -0.495 e. The molecule has 2 aromatic heterocycles. The summed E-state index contributed by atoms with van der Waals surface area (Å²) in [6, 6.07) is 24.2. The zero-order valence-corrected chi connectivity index (χ0v) is 49.9. The number of benzene rings is 4. The number of sulfonamides is 2. The number of ether oxygens (including phenoxy) is 3. The predicted octanol–water partition coefficient (Wildman–Crippen LogP) is 10.4. The smallest absolute Gasteiger partial charge is 0.242 e. The van der Waals surface area contributed by atoms with E-state index in [1.54, 1.807) is 61.7 Å². The summed E-state index contributed by atoms with van der Waals surface area (Å²) >= 11 is 10.3. The van der Waals surface area contributed by atoms with E-state index in [4.69, 9.17) is 35.8 Å². The minimum atomic E-state index is -3.87. The maximum Gasteiger partial charge on any atom is 0.242 e. The van der Waals surface area contributed by atoms with Gasteiger partial charge in [-0.2, -0.15) is 9.97 Å². The van der Waals surface area contributed by atoms with E-state index in [2.05, 4.69) is 107 Å². The normalized spacial score (nSPS) is 12.0.